The molecule has 0 fully saturated rings. The summed E-state index contributed by atoms with van der Waals surface area (Å²) < 4.78 is 12.0. The second-order valence-corrected chi connectivity index (χ2v) is 7.33. The molecule has 3 nitrogen and oxygen atoms in total. The molecule has 0 bridgehead atoms. The first-order valence-corrected chi connectivity index (χ1v) is 9.48. The number of hydrogen-bond donors (Lipinski definition) is 0. The van der Waals surface area contributed by atoms with Crippen LogP contribution in [-0.4, -0.2) is 0 Å². The molecule has 4 rings (SSSR count). The highest BCUT2D eigenvalue weighted by molar-refractivity contribution is 6.33. The molecule has 0 radical (unpaired) electrons. The van der Waals surface area contributed by atoms with Gasteiger partial charge in [0.15, 0.2) is 5.76 Å². The van der Waals surface area contributed by atoms with Crippen molar-refractivity contribution in [1.29, 1.82) is 0 Å². The fourth-order valence-corrected chi connectivity index (χ4v) is 3.32. The monoisotopic (exact) mass is 410 g/mol. The molecule has 28 heavy (non-hydrogen) atoms. The number of ether oxygens (including phenoxy) is 1. The first kappa shape index (κ1) is 18.6. The van der Waals surface area contributed by atoms with E-state index in [1.807, 2.05) is 43.3 Å². The maximum Gasteiger partial charge on any atom is 0.235 e. The molecular weight excluding hydrogens is 395 g/mol. The van der Waals surface area contributed by atoms with Crippen molar-refractivity contribution in [2.24, 2.45) is 0 Å². The number of halogens is 2. The summed E-state index contributed by atoms with van der Waals surface area (Å²) in [5, 5.41) is 1.59. The minimum absolute atomic E-state index is 0.138. The lowest BCUT2D eigenvalue weighted by Gasteiger charge is -2.13. The summed E-state index contributed by atoms with van der Waals surface area (Å²) >= 11 is 12.3. The molecule has 0 N–H and O–H groups in total. The Morgan fingerprint density at radius 1 is 0.964 bits per heavy atom. The van der Waals surface area contributed by atoms with Gasteiger partial charge in [-0.2, -0.15) is 0 Å². The maximum atomic E-state index is 13.2. The van der Waals surface area contributed by atoms with Gasteiger partial charge in [0, 0.05) is 10.6 Å². The van der Waals surface area contributed by atoms with Crippen molar-refractivity contribution in [3.8, 4) is 17.1 Å². The van der Waals surface area contributed by atoms with Crippen molar-refractivity contribution < 1.29 is 9.15 Å². The van der Waals surface area contributed by atoms with Crippen LogP contribution >= 0.6 is 23.2 Å². The van der Waals surface area contributed by atoms with E-state index in [1.54, 1.807) is 30.3 Å². The summed E-state index contributed by atoms with van der Waals surface area (Å²) in [5.41, 5.74) is 2.76. The van der Waals surface area contributed by atoms with Gasteiger partial charge in [-0.05, 0) is 54.4 Å². The zero-order chi connectivity index (χ0) is 19.7. The van der Waals surface area contributed by atoms with E-state index in [4.69, 9.17) is 32.4 Å². The smallest absolute Gasteiger partial charge is 0.235 e. The Labute approximate surface area is 172 Å². The third-order valence-corrected chi connectivity index (χ3v) is 5.00. The van der Waals surface area contributed by atoms with E-state index in [-0.39, 0.29) is 17.8 Å². The Kier molecular flexibility index (Phi) is 5.12. The summed E-state index contributed by atoms with van der Waals surface area (Å²) in [7, 11) is 0. The van der Waals surface area contributed by atoms with Crippen LogP contribution in [0, 0.1) is 6.92 Å². The minimum Gasteiger partial charge on any atom is -0.481 e. The van der Waals surface area contributed by atoms with E-state index in [2.05, 4.69) is 0 Å². The number of aryl methyl sites for hydroxylation is 1. The van der Waals surface area contributed by atoms with Crippen molar-refractivity contribution in [1.82, 2.24) is 0 Å². The predicted octanol–water partition coefficient (Wildman–Crippen LogP) is 6.65. The van der Waals surface area contributed by atoms with Gasteiger partial charge in [-0.15, -0.1) is 0 Å². The Hall–Kier alpha value is -2.75. The molecule has 0 aliphatic carbocycles. The molecule has 140 valence electrons. The van der Waals surface area contributed by atoms with Gasteiger partial charge in [0.05, 0.1) is 10.4 Å². The SMILES string of the molecule is Cc1ccc2c(=O)c(OCc3ccc(Cl)cc3)c(-c3ccccc3Cl)oc2c1. The third kappa shape index (κ3) is 3.64. The van der Waals surface area contributed by atoms with Gasteiger partial charge in [-0.25, -0.2) is 0 Å². The van der Waals surface area contributed by atoms with Gasteiger partial charge in [0.25, 0.3) is 0 Å². The fourth-order valence-electron chi connectivity index (χ4n) is 2.97. The summed E-state index contributed by atoms with van der Waals surface area (Å²) in [6.07, 6.45) is 0. The standard InChI is InChI=1S/C23H16Cl2O3/c1-14-6-11-18-20(12-14)28-22(17-4-2-3-5-19(17)25)23(21(18)26)27-13-15-7-9-16(24)10-8-15/h2-12H,13H2,1H3. The lowest BCUT2D eigenvalue weighted by molar-refractivity contribution is 0.298. The van der Waals surface area contributed by atoms with Crippen LogP contribution < -0.4 is 10.2 Å². The zero-order valence-corrected chi connectivity index (χ0v) is 16.6. The first-order chi connectivity index (χ1) is 13.5. The van der Waals surface area contributed by atoms with Gasteiger partial charge in [0.2, 0.25) is 11.2 Å². The molecule has 4 aromatic rings. The van der Waals surface area contributed by atoms with Gasteiger partial charge >= 0.3 is 0 Å². The van der Waals surface area contributed by atoms with Crippen LogP contribution in [0.4, 0.5) is 0 Å². The molecule has 0 aliphatic heterocycles. The largest absolute Gasteiger partial charge is 0.481 e. The molecule has 0 atom stereocenters. The normalized spacial score (nSPS) is 11.0. The zero-order valence-electron chi connectivity index (χ0n) is 15.0. The Balaban J connectivity index is 1.87. The van der Waals surface area contributed by atoms with Crippen LogP contribution in [-0.2, 0) is 6.61 Å². The number of rotatable bonds is 4. The molecule has 0 saturated heterocycles. The van der Waals surface area contributed by atoms with E-state index in [9.17, 15) is 4.79 Å². The van der Waals surface area contributed by atoms with Crippen molar-refractivity contribution in [3.63, 3.8) is 0 Å². The van der Waals surface area contributed by atoms with Crippen LogP contribution in [0.1, 0.15) is 11.1 Å². The van der Waals surface area contributed by atoms with Crippen LogP contribution in [0.15, 0.2) is 75.9 Å². The van der Waals surface area contributed by atoms with Crippen LogP contribution in [0.2, 0.25) is 10.0 Å². The van der Waals surface area contributed by atoms with Gasteiger partial charge in [-0.1, -0.05) is 53.5 Å². The Morgan fingerprint density at radius 3 is 2.46 bits per heavy atom. The molecule has 1 heterocycles. The van der Waals surface area contributed by atoms with Crippen molar-refractivity contribution in [2.75, 3.05) is 0 Å². The second-order valence-electron chi connectivity index (χ2n) is 6.48. The minimum atomic E-state index is -0.231. The highest BCUT2D eigenvalue weighted by atomic mass is 35.5. The summed E-state index contributed by atoms with van der Waals surface area (Å²) in [6, 6.07) is 19.9. The number of benzene rings is 3. The first-order valence-electron chi connectivity index (χ1n) is 8.72. The Bertz CT molecular complexity index is 1210. The topological polar surface area (TPSA) is 39.4 Å². The highest BCUT2D eigenvalue weighted by Crippen LogP contribution is 2.35. The van der Waals surface area contributed by atoms with Crippen LogP contribution in [0.3, 0.4) is 0 Å². The maximum absolute atomic E-state index is 13.2. The molecule has 5 heteroatoms. The molecule has 0 amide bonds. The van der Waals surface area contributed by atoms with Crippen LogP contribution in [0.5, 0.6) is 5.75 Å². The molecular formula is C23H16Cl2O3. The molecule has 0 unspecified atom stereocenters. The van der Waals surface area contributed by atoms with E-state index >= 15 is 0 Å². The predicted molar refractivity (Wildman–Crippen MR) is 113 cm³/mol. The third-order valence-electron chi connectivity index (χ3n) is 4.42. The molecule has 0 aliphatic rings. The fraction of sp³-hybridized carbons (Fsp3) is 0.0870. The lowest BCUT2D eigenvalue weighted by atomic mass is 10.1. The summed E-state index contributed by atoms with van der Waals surface area (Å²) in [4.78, 5) is 13.2. The van der Waals surface area contributed by atoms with E-state index in [1.165, 1.54) is 0 Å². The van der Waals surface area contributed by atoms with Gasteiger partial charge in [0.1, 0.15) is 12.2 Å². The average Bonchev–Trinajstić information content (AvgIpc) is 2.68. The van der Waals surface area contributed by atoms with Crippen molar-refractivity contribution in [3.05, 3.63) is 98.1 Å². The second kappa shape index (κ2) is 7.70. The number of hydrogen-bond acceptors (Lipinski definition) is 3. The van der Waals surface area contributed by atoms with Crippen molar-refractivity contribution in [2.45, 2.75) is 13.5 Å². The van der Waals surface area contributed by atoms with Gasteiger partial charge < -0.3 is 9.15 Å². The highest BCUT2D eigenvalue weighted by Gasteiger charge is 2.19. The van der Waals surface area contributed by atoms with E-state index in [0.29, 0.717) is 32.3 Å². The molecule has 0 spiro atoms. The van der Waals surface area contributed by atoms with Gasteiger partial charge in [-0.3, -0.25) is 4.79 Å². The number of fused-ring (bicyclic) bond motifs is 1. The molecule has 1 aromatic heterocycles. The summed E-state index contributed by atoms with van der Waals surface area (Å²) in [6.45, 7) is 2.15. The van der Waals surface area contributed by atoms with E-state index < -0.39 is 0 Å². The summed E-state index contributed by atoms with van der Waals surface area (Å²) in [5.74, 6) is 0.460. The van der Waals surface area contributed by atoms with Crippen LogP contribution in [0.25, 0.3) is 22.3 Å². The van der Waals surface area contributed by atoms with Crippen molar-refractivity contribution >= 4 is 34.2 Å². The Morgan fingerprint density at radius 2 is 1.71 bits per heavy atom. The van der Waals surface area contributed by atoms with E-state index in [0.717, 1.165) is 11.1 Å². The molecule has 0 saturated carbocycles. The quantitative estimate of drug-likeness (QED) is 0.377. The lowest BCUT2D eigenvalue weighted by Crippen LogP contribution is -2.10. The molecule has 3 aromatic carbocycles. The average molecular weight is 411 g/mol.